The fourth-order valence-corrected chi connectivity index (χ4v) is 1.45. The summed E-state index contributed by atoms with van der Waals surface area (Å²) < 4.78 is 0. The normalized spacial score (nSPS) is 10.8. The first-order valence-electron chi connectivity index (χ1n) is 5.73. The van der Waals surface area contributed by atoms with Crippen molar-refractivity contribution in [1.29, 1.82) is 0 Å². The Kier molecular flexibility index (Phi) is 4.96. The van der Waals surface area contributed by atoms with Gasteiger partial charge in [-0.1, -0.05) is 11.2 Å². The first-order chi connectivity index (χ1) is 9.36. The van der Waals surface area contributed by atoms with Crippen molar-refractivity contribution in [3.8, 4) is 0 Å². The van der Waals surface area contributed by atoms with E-state index in [1.807, 2.05) is 0 Å². The molecule has 0 saturated heterocycles. The average Bonchev–Trinajstić information content (AvgIpc) is 2.38. The van der Waals surface area contributed by atoms with Crippen molar-refractivity contribution in [2.24, 2.45) is 5.16 Å². The number of hydrogen-bond acceptors (Lipinski definition) is 5. The molecule has 0 unspecified atom stereocenters. The van der Waals surface area contributed by atoms with Crippen LogP contribution in [0.4, 0.5) is 5.69 Å². The number of carbonyl (C=O) groups excluding carboxylic acids is 3. The number of oxime groups is 1. The predicted molar refractivity (Wildman–Crippen MR) is 73.0 cm³/mol. The van der Waals surface area contributed by atoms with Crippen molar-refractivity contribution in [1.82, 2.24) is 4.90 Å². The molecule has 0 atom stereocenters. The summed E-state index contributed by atoms with van der Waals surface area (Å²) in [5.74, 6) is -1.72. The molecule has 0 aliphatic rings. The van der Waals surface area contributed by atoms with E-state index in [1.165, 1.54) is 11.0 Å². The molecule has 106 valence electrons. The molecule has 0 aliphatic carbocycles. The summed E-state index contributed by atoms with van der Waals surface area (Å²) in [4.78, 5) is 35.9. The first kappa shape index (κ1) is 15.4. The van der Waals surface area contributed by atoms with Crippen LogP contribution in [0.1, 0.15) is 17.3 Å². The number of hydrogen-bond donors (Lipinski definition) is 2. The number of nitrogens with one attached hydrogen (secondary N) is 1. The lowest BCUT2D eigenvalue weighted by atomic mass is 10.1. The number of Topliss-reactive ketones (excluding diaryl/α,β-unsaturated/α-hetero) is 1. The van der Waals surface area contributed by atoms with E-state index in [9.17, 15) is 14.4 Å². The van der Waals surface area contributed by atoms with Gasteiger partial charge in [-0.15, -0.1) is 0 Å². The molecule has 0 spiro atoms. The minimum Gasteiger partial charge on any atom is -0.410 e. The molecule has 20 heavy (non-hydrogen) atoms. The smallest absolute Gasteiger partial charge is 0.281 e. The van der Waals surface area contributed by atoms with Crippen LogP contribution in [0.25, 0.3) is 0 Å². The van der Waals surface area contributed by atoms with E-state index in [4.69, 9.17) is 5.21 Å². The van der Waals surface area contributed by atoms with Crippen LogP contribution < -0.4 is 5.32 Å². The minimum atomic E-state index is -0.838. The van der Waals surface area contributed by atoms with Crippen molar-refractivity contribution in [3.63, 3.8) is 0 Å². The van der Waals surface area contributed by atoms with E-state index >= 15 is 0 Å². The number of nitrogens with zero attached hydrogens (tertiary/aromatic N) is 2. The summed E-state index contributed by atoms with van der Waals surface area (Å²) in [6.45, 7) is 1.11. The standard InChI is InChI=1S/C13H15N3O4/c1-8(17)11(15-20)12(18)14-10-6-4-5-9(7-10)13(19)16(2)3/h4-7,20H,1-3H3,(H,14,18)/b15-11+. The zero-order valence-electron chi connectivity index (χ0n) is 11.4. The molecule has 1 aromatic carbocycles. The van der Waals surface area contributed by atoms with Crippen LogP contribution in [-0.2, 0) is 9.59 Å². The van der Waals surface area contributed by atoms with Crippen LogP contribution >= 0.6 is 0 Å². The fraction of sp³-hybridized carbons (Fsp3) is 0.231. The Balaban J connectivity index is 2.95. The van der Waals surface area contributed by atoms with Gasteiger partial charge in [-0.25, -0.2) is 0 Å². The van der Waals surface area contributed by atoms with Crippen molar-refractivity contribution in [2.75, 3.05) is 19.4 Å². The van der Waals surface area contributed by atoms with E-state index in [0.717, 1.165) is 6.92 Å². The van der Waals surface area contributed by atoms with Crippen LogP contribution in [0.5, 0.6) is 0 Å². The van der Waals surface area contributed by atoms with E-state index in [0.29, 0.717) is 11.3 Å². The van der Waals surface area contributed by atoms with Gasteiger partial charge >= 0.3 is 0 Å². The molecule has 2 amide bonds. The van der Waals surface area contributed by atoms with Gasteiger partial charge in [0.2, 0.25) is 5.71 Å². The summed E-state index contributed by atoms with van der Waals surface area (Å²) in [7, 11) is 3.22. The predicted octanol–water partition coefficient (Wildman–Crippen LogP) is 0.746. The number of benzene rings is 1. The van der Waals surface area contributed by atoms with Gasteiger partial charge in [-0.05, 0) is 18.2 Å². The number of rotatable bonds is 4. The third kappa shape index (κ3) is 3.64. The quantitative estimate of drug-likeness (QED) is 0.367. The SMILES string of the molecule is CC(=O)/C(=N\O)C(=O)Nc1cccc(C(=O)N(C)C)c1. The van der Waals surface area contributed by atoms with E-state index in [1.54, 1.807) is 32.3 Å². The van der Waals surface area contributed by atoms with Gasteiger partial charge < -0.3 is 15.4 Å². The van der Waals surface area contributed by atoms with Crippen LogP contribution in [-0.4, -0.2) is 47.5 Å². The molecule has 2 N–H and O–H groups in total. The van der Waals surface area contributed by atoms with Crippen molar-refractivity contribution >= 4 is 29.0 Å². The lowest BCUT2D eigenvalue weighted by molar-refractivity contribution is -0.114. The van der Waals surface area contributed by atoms with Gasteiger partial charge in [0.05, 0.1) is 0 Å². The lowest BCUT2D eigenvalue weighted by Gasteiger charge is -2.11. The molecular formula is C13H15N3O4. The van der Waals surface area contributed by atoms with Gasteiger partial charge in [0.15, 0.2) is 5.78 Å². The Hall–Kier alpha value is -2.70. The summed E-state index contributed by atoms with van der Waals surface area (Å²) in [6.07, 6.45) is 0. The molecule has 0 fully saturated rings. The second kappa shape index (κ2) is 6.46. The molecule has 7 heteroatoms. The minimum absolute atomic E-state index is 0.219. The molecule has 0 heterocycles. The molecule has 0 saturated carbocycles. The topological polar surface area (TPSA) is 99.1 Å². The summed E-state index contributed by atoms with van der Waals surface area (Å²) >= 11 is 0. The van der Waals surface area contributed by atoms with Gasteiger partial charge in [-0.3, -0.25) is 14.4 Å². The van der Waals surface area contributed by atoms with E-state index in [-0.39, 0.29) is 5.91 Å². The largest absolute Gasteiger partial charge is 0.410 e. The van der Waals surface area contributed by atoms with Crippen molar-refractivity contribution in [2.45, 2.75) is 6.92 Å². The second-order valence-electron chi connectivity index (χ2n) is 4.24. The molecule has 0 aromatic heterocycles. The van der Waals surface area contributed by atoms with E-state index in [2.05, 4.69) is 10.5 Å². The lowest BCUT2D eigenvalue weighted by Crippen LogP contribution is -2.28. The number of carbonyl (C=O) groups is 3. The average molecular weight is 277 g/mol. The molecular weight excluding hydrogens is 262 g/mol. The zero-order valence-corrected chi connectivity index (χ0v) is 11.4. The van der Waals surface area contributed by atoms with Crippen molar-refractivity contribution < 1.29 is 19.6 Å². The maximum absolute atomic E-state index is 11.8. The Bertz CT molecular complexity index is 579. The Morgan fingerprint density at radius 1 is 1.25 bits per heavy atom. The zero-order chi connectivity index (χ0) is 15.3. The van der Waals surface area contributed by atoms with Gasteiger partial charge in [0.25, 0.3) is 11.8 Å². The van der Waals surface area contributed by atoms with Crippen molar-refractivity contribution in [3.05, 3.63) is 29.8 Å². The summed E-state index contributed by atoms with van der Waals surface area (Å²) in [5, 5.41) is 13.6. The highest BCUT2D eigenvalue weighted by Gasteiger charge is 2.18. The highest BCUT2D eigenvalue weighted by atomic mass is 16.4. The summed E-state index contributed by atoms with van der Waals surface area (Å²) in [5.41, 5.74) is 0.109. The Morgan fingerprint density at radius 2 is 1.90 bits per heavy atom. The Morgan fingerprint density at radius 3 is 2.40 bits per heavy atom. The molecule has 0 aliphatic heterocycles. The third-order valence-electron chi connectivity index (χ3n) is 2.42. The third-order valence-corrected chi connectivity index (χ3v) is 2.42. The maximum atomic E-state index is 11.8. The summed E-state index contributed by atoms with van der Waals surface area (Å²) in [6, 6.07) is 6.22. The van der Waals surface area contributed by atoms with Crippen LogP contribution in [0.2, 0.25) is 0 Å². The number of ketones is 1. The maximum Gasteiger partial charge on any atom is 0.281 e. The second-order valence-corrected chi connectivity index (χ2v) is 4.24. The fourth-order valence-electron chi connectivity index (χ4n) is 1.45. The number of anilines is 1. The molecule has 7 nitrogen and oxygen atoms in total. The van der Waals surface area contributed by atoms with E-state index < -0.39 is 17.4 Å². The van der Waals surface area contributed by atoms with Crippen LogP contribution in [0, 0.1) is 0 Å². The monoisotopic (exact) mass is 277 g/mol. The highest BCUT2D eigenvalue weighted by molar-refractivity contribution is 6.67. The van der Waals surface area contributed by atoms with Crippen LogP contribution in [0.15, 0.2) is 29.4 Å². The molecule has 1 rings (SSSR count). The molecule has 0 radical (unpaired) electrons. The molecule has 1 aromatic rings. The van der Waals surface area contributed by atoms with Gasteiger partial charge in [-0.2, -0.15) is 0 Å². The first-order valence-corrected chi connectivity index (χ1v) is 5.73. The molecule has 0 bridgehead atoms. The van der Waals surface area contributed by atoms with Gasteiger partial charge in [0, 0.05) is 32.3 Å². The highest BCUT2D eigenvalue weighted by Crippen LogP contribution is 2.12. The Labute approximate surface area is 115 Å². The van der Waals surface area contributed by atoms with Crippen LogP contribution in [0.3, 0.4) is 0 Å². The number of amides is 2. The van der Waals surface area contributed by atoms with Gasteiger partial charge in [0.1, 0.15) is 0 Å².